The summed E-state index contributed by atoms with van der Waals surface area (Å²) >= 11 is 3.62. The molecule has 0 fully saturated rings. The molecule has 1 N–H and O–H groups in total. The molecule has 124 valence electrons. The number of benzene rings is 2. The lowest BCUT2D eigenvalue weighted by atomic mass is 10.1. The van der Waals surface area contributed by atoms with Gasteiger partial charge in [-0.1, -0.05) is 52.7 Å². The van der Waals surface area contributed by atoms with E-state index in [2.05, 4.69) is 59.4 Å². The first-order chi connectivity index (χ1) is 11.1. The summed E-state index contributed by atoms with van der Waals surface area (Å²) in [5, 5.41) is 3.40. The molecule has 0 spiro atoms. The third kappa shape index (κ3) is 5.26. The second kappa shape index (κ2) is 8.94. The van der Waals surface area contributed by atoms with E-state index in [1.807, 2.05) is 12.1 Å². The van der Waals surface area contributed by atoms with E-state index >= 15 is 0 Å². The molecular weight excluding hydrogens is 354 g/mol. The Hall–Kier alpha value is -1.52. The third-order valence-corrected chi connectivity index (χ3v) is 4.33. The lowest BCUT2D eigenvalue weighted by Gasteiger charge is -2.14. The van der Waals surface area contributed by atoms with Crippen molar-refractivity contribution in [3.63, 3.8) is 0 Å². The lowest BCUT2D eigenvalue weighted by molar-refractivity contribution is 0.284. The molecule has 0 aliphatic heterocycles. The maximum atomic E-state index is 5.94. The van der Waals surface area contributed by atoms with Crippen LogP contribution < -0.4 is 14.8 Å². The SMILES string of the molecule is CCCNCc1cc(OC)c(OCc2ccc(C)cc2)cc1Br. The smallest absolute Gasteiger partial charge is 0.162 e. The standard InChI is InChI=1S/C19H24BrNO2/c1-4-9-21-12-16-10-18(22-3)19(11-17(16)20)23-13-15-7-5-14(2)6-8-15/h5-8,10-11,21H,4,9,12-13H2,1-3H3. The van der Waals surface area contributed by atoms with E-state index in [0.717, 1.165) is 46.6 Å². The molecule has 2 rings (SSSR count). The Morgan fingerprint density at radius 2 is 1.83 bits per heavy atom. The monoisotopic (exact) mass is 377 g/mol. The number of hydrogen-bond acceptors (Lipinski definition) is 3. The van der Waals surface area contributed by atoms with Gasteiger partial charge in [-0.25, -0.2) is 0 Å². The van der Waals surface area contributed by atoms with Gasteiger partial charge in [-0.05, 0) is 43.1 Å². The Kier molecular flexibility index (Phi) is 6.93. The molecule has 2 aromatic rings. The minimum Gasteiger partial charge on any atom is -0.493 e. The summed E-state index contributed by atoms with van der Waals surface area (Å²) in [4.78, 5) is 0. The summed E-state index contributed by atoms with van der Waals surface area (Å²) in [5.41, 5.74) is 3.55. The van der Waals surface area contributed by atoms with Crippen LogP contribution in [0.2, 0.25) is 0 Å². The summed E-state index contributed by atoms with van der Waals surface area (Å²) in [7, 11) is 1.67. The second-order valence-electron chi connectivity index (χ2n) is 5.55. The van der Waals surface area contributed by atoms with E-state index in [-0.39, 0.29) is 0 Å². The summed E-state index contributed by atoms with van der Waals surface area (Å²) in [6, 6.07) is 12.4. The highest BCUT2D eigenvalue weighted by Crippen LogP contribution is 2.34. The Balaban J connectivity index is 2.08. The van der Waals surface area contributed by atoms with Gasteiger partial charge in [0.1, 0.15) is 6.61 Å². The lowest BCUT2D eigenvalue weighted by Crippen LogP contribution is -2.14. The highest BCUT2D eigenvalue weighted by molar-refractivity contribution is 9.10. The second-order valence-corrected chi connectivity index (χ2v) is 6.40. The fourth-order valence-corrected chi connectivity index (χ4v) is 2.69. The first-order valence-corrected chi connectivity index (χ1v) is 8.68. The molecule has 0 amide bonds. The summed E-state index contributed by atoms with van der Waals surface area (Å²) in [6.45, 7) is 6.57. The van der Waals surface area contributed by atoms with Crippen molar-refractivity contribution in [1.29, 1.82) is 0 Å². The summed E-state index contributed by atoms with van der Waals surface area (Å²) in [5.74, 6) is 1.51. The molecule has 2 aromatic carbocycles. The zero-order valence-corrected chi connectivity index (χ0v) is 15.6. The number of nitrogens with one attached hydrogen (secondary N) is 1. The average molecular weight is 378 g/mol. The van der Waals surface area contributed by atoms with Gasteiger partial charge in [-0.3, -0.25) is 0 Å². The van der Waals surface area contributed by atoms with E-state index in [4.69, 9.17) is 9.47 Å². The zero-order chi connectivity index (χ0) is 16.7. The first kappa shape index (κ1) is 17.8. The largest absolute Gasteiger partial charge is 0.493 e. The van der Waals surface area contributed by atoms with Crippen molar-refractivity contribution in [2.45, 2.75) is 33.4 Å². The minimum atomic E-state index is 0.524. The first-order valence-electron chi connectivity index (χ1n) is 7.89. The normalized spacial score (nSPS) is 10.6. The van der Waals surface area contributed by atoms with Crippen molar-refractivity contribution in [3.05, 3.63) is 57.6 Å². The van der Waals surface area contributed by atoms with Crippen molar-refractivity contribution in [1.82, 2.24) is 5.32 Å². The maximum Gasteiger partial charge on any atom is 0.162 e. The summed E-state index contributed by atoms with van der Waals surface area (Å²) in [6.07, 6.45) is 1.12. The highest BCUT2D eigenvalue weighted by atomic mass is 79.9. The Morgan fingerprint density at radius 3 is 2.48 bits per heavy atom. The van der Waals surface area contributed by atoms with Crippen molar-refractivity contribution in [3.8, 4) is 11.5 Å². The average Bonchev–Trinajstić information content (AvgIpc) is 2.56. The molecule has 0 heterocycles. The molecule has 0 aromatic heterocycles. The molecule has 0 radical (unpaired) electrons. The van der Waals surface area contributed by atoms with Crippen LogP contribution in [0.15, 0.2) is 40.9 Å². The van der Waals surface area contributed by atoms with Crippen LogP contribution in [-0.4, -0.2) is 13.7 Å². The molecule has 0 unspecified atom stereocenters. The predicted molar refractivity (Wildman–Crippen MR) is 98.2 cm³/mol. The van der Waals surface area contributed by atoms with E-state index in [9.17, 15) is 0 Å². The van der Waals surface area contributed by atoms with E-state index in [0.29, 0.717) is 6.61 Å². The fourth-order valence-electron chi connectivity index (χ4n) is 2.23. The molecule has 0 aliphatic carbocycles. The van der Waals surface area contributed by atoms with Crippen LogP contribution in [0.25, 0.3) is 0 Å². The minimum absolute atomic E-state index is 0.524. The number of rotatable bonds is 8. The molecule has 23 heavy (non-hydrogen) atoms. The Labute approximate surface area is 147 Å². The zero-order valence-electron chi connectivity index (χ0n) is 14.0. The van der Waals surface area contributed by atoms with Gasteiger partial charge in [0, 0.05) is 11.0 Å². The van der Waals surface area contributed by atoms with Gasteiger partial charge in [0.05, 0.1) is 7.11 Å². The van der Waals surface area contributed by atoms with Gasteiger partial charge in [0.2, 0.25) is 0 Å². The van der Waals surface area contributed by atoms with E-state index in [1.165, 1.54) is 5.56 Å². The van der Waals surface area contributed by atoms with Crippen molar-refractivity contribution >= 4 is 15.9 Å². The van der Waals surface area contributed by atoms with Gasteiger partial charge in [-0.15, -0.1) is 0 Å². The molecule has 0 atom stereocenters. The number of hydrogen-bond donors (Lipinski definition) is 1. The fraction of sp³-hybridized carbons (Fsp3) is 0.368. The molecule has 4 heteroatoms. The van der Waals surface area contributed by atoms with Gasteiger partial charge in [0.15, 0.2) is 11.5 Å². The number of aryl methyl sites for hydroxylation is 1. The van der Waals surface area contributed by atoms with Crippen LogP contribution in [0.3, 0.4) is 0 Å². The highest BCUT2D eigenvalue weighted by Gasteiger charge is 2.10. The van der Waals surface area contributed by atoms with Crippen LogP contribution in [0.1, 0.15) is 30.0 Å². The summed E-state index contributed by atoms with van der Waals surface area (Å²) < 4.78 is 12.4. The molecular formula is C19H24BrNO2. The van der Waals surface area contributed by atoms with Gasteiger partial charge in [0.25, 0.3) is 0 Å². The molecule has 0 saturated carbocycles. The molecule has 0 bridgehead atoms. The van der Waals surface area contributed by atoms with Crippen molar-refractivity contribution < 1.29 is 9.47 Å². The Morgan fingerprint density at radius 1 is 1.09 bits per heavy atom. The van der Waals surface area contributed by atoms with Gasteiger partial charge >= 0.3 is 0 Å². The van der Waals surface area contributed by atoms with Gasteiger partial charge in [-0.2, -0.15) is 0 Å². The predicted octanol–water partition coefficient (Wildman–Crippen LogP) is 4.84. The molecule has 0 saturated heterocycles. The number of halogens is 1. The number of ether oxygens (including phenoxy) is 2. The van der Waals surface area contributed by atoms with Gasteiger partial charge < -0.3 is 14.8 Å². The molecule has 0 aliphatic rings. The Bertz CT molecular complexity index is 626. The molecule has 3 nitrogen and oxygen atoms in total. The third-order valence-electron chi connectivity index (χ3n) is 3.59. The van der Waals surface area contributed by atoms with Crippen LogP contribution >= 0.6 is 15.9 Å². The van der Waals surface area contributed by atoms with Crippen LogP contribution in [0.5, 0.6) is 11.5 Å². The number of methoxy groups -OCH3 is 1. The van der Waals surface area contributed by atoms with Crippen molar-refractivity contribution in [2.24, 2.45) is 0 Å². The van der Waals surface area contributed by atoms with E-state index < -0.39 is 0 Å². The van der Waals surface area contributed by atoms with Crippen molar-refractivity contribution in [2.75, 3.05) is 13.7 Å². The van der Waals surface area contributed by atoms with Crippen LogP contribution in [0.4, 0.5) is 0 Å². The van der Waals surface area contributed by atoms with E-state index in [1.54, 1.807) is 7.11 Å². The van der Waals surface area contributed by atoms with Crippen LogP contribution in [0, 0.1) is 6.92 Å². The van der Waals surface area contributed by atoms with Crippen LogP contribution in [-0.2, 0) is 13.2 Å². The quantitative estimate of drug-likeness (QED) is 0.667. The topological polar surface area (TPSA) is 30.5 Å². The maximum absolute atomic E-state index is 5.94.